The van der Waals surface area contributed by atoms with E-state index in [4.69, 9.17) is 9.15 Å². The molecule has 1 unspecified atom stereocenters. The Morgan fingerprint density at radius 1 is 1.39 bits per heavy atom. The third-order valence-electron chi connectivity index (χ3n) is 4.13. The molecule has 0 radical (unpaired) electrons. The molecule has 7 nitrogen and oxygen atoms in total. The molecule has 2 N–H and O–H groups in total. The van der Waals surface area contributed by atoms with Gasteiger partial charge in [-0.2, -0.15) is 0 Å². The van der Waals surface area contributed by atoms with Gasteiger partial charge in [0.1, 0.15) is 21.2 Å². The van der Waals surface area contributed by atoms with Crippen LogP contribution in [0.2, 0.25) is 0 Å². The van der Waals surface area contributed by atoms with E-state index >= 15 is 0 Å². The lowest BCUT2D eigenvalue weighted by molar-refractivity contribution is 0.0531. The van der Waals surface area contributed by atoms with Crippen LogP contribution in [-0.2, 0) is 11.3 Å². The molecule has 0 aliphatic heterocycles. The minimum atomic E-state index is -0.330. The zero-order valence-corrected chi connectivity index (χ0v) is 17.2. The predicted octanol–water partition coefficient (Wildman–Crippen LogP) is 3.80. The Bertz CT molecular complexity index is 959. The van der Waals surface area contributed by atoms with Crippen molar-refractivity contribution < 1.29 is 13.9 Å². The van der Waals surface area contributed by atoms with Crippen LogP contribution in [0.15, 0.2) is 39.7 Å². The van der Waals surface area contributed by atoms with Gasteiger partial charge in [-0.1, -0.05) is 18.2 Å². The van der Waals surface area contributed by atoms with E-state index in [0.717, 1.165) is 21.7 Å². The standard InChI is InChI=1S/C20H24N4O3S/c1-5-26-19(25)17-12(2)23-18(28-17)13(3)24-20(21-4)22-11-15-10-14-8-6-7-9-16(14)27-15/h6-10,13H,5,11H2,1-4H3,(H2,21,22,24). The van der Waals surface area contributed by atoms with Gasteiger partial charge in [-0.05, 0) is 32.9 Å². The number of carbonyl (C=O) groups is 1. The van der Waals surface area contributed by atoms with Crippen LogP contribution in [0, 0.1) is 6.92 Å². The summed E-state index contributed by atoms with van der Waals surface area (Å²) in [5.74, 6) is 1.12. The van der Waals surface area contributed by atoms with Crippen LogP contribution in [-0.4, -0.2) is 30.6 Å². The highest BCUT2D eigenvalue weighted by atomic mass is 32.1. The van der Waals surface area contributed by atoms with Crippen molar-refractivity contribution in [3.8, 4) is 0 Å². The van der Waals surface area contributed by atoms with Crippen molar-refractivity contribution in [2.75, 3.05) is 13.7 Å². The lowest BCUT2D eigenvalue weighted by Crippen LogP contribution is -2.38. The van der Waals surface area contributed by atoms with E-state index < -0.39 is 0 Å². The number of nitrogens with one attached hydrogen (secondary N) is 2. The number of guanidine groups is 1. The lowest BCUT2D eigenvalue weighted by atomic mass is 10.2. The fourth-order valence-corrected chi connectivity index (χ4v) is 3.71. The van der Waals surface area contributed by atoms with Gasteiger partial charge >= 0.3 is 5.97 Å². The summed E-state index contributed by atoms with van der Waals surface area (Å²) in [5, 5.41) is 8.40. The van der Waals surface area contributed by atoms with Crippen molar-refractivity contribution in [2.24, 2.45) is 4.99 Å². The Hall–Kier alpha value is -2.87. The van der Waals surface area contributed by atoms with Gasteiger partial charge in [0.05, 0.1) is 24.9 Å². The average Bonchev–Trinajstić information content (AvgIpc) is 3.28. The van der Waals surface area contributed by atoms with E-state index in [1.54, 1.807) is 14.0 Å². The van der Waals surface area contributed by atoms with Gasteiger partial charge in [0.15, 0.2) is 5.96 Å². The summed E-state index contributed by atoms with van der Waals surface area (Å²) in [5.41, 5.74) is 1.54. The molecule has 3 rings (SSSR count). The number of furan rings is 1. The molecule has 0 fully saturated rings. The Morgan fingerprint density at radius 3 is 2.89 bits per heavy atom. The molecule has 0 amide bonds. The maximum absolute atomic E-state index is 12.0. The molecule has 0 saturated heterocycles. The van der Waals surface area contributed by atoms with E-state index in [9.17, 15) is 4.79 Å². The van der Waals surface area contributed by atoms with Crippen molar-refractivity contribution in [1.29, 1.82) is 0 Å². The zero-order chi connectivity index (χ0) is 20.1. The third-order valence-corrected chi connectivity index (χ3v) is 5.45. The molecule has 0 aliphatic rings. The van der Waals surface area contributed by atoms with Gasteiger partial charge in [-0.3, -0.25) is 4.99 Å². The number of para-hydroxylation sites is 1. The molecule has 3 aromatic rings. The summed E-state index contributed by atoms with van der Waals surface area (Å²) in [6.07, 6.45) is 0. The Kier molecular flexibility index (Phi) is 6.30. The fraction of sp³-hybridized carbons (Fsp3) is 0.350. The second-order valence-corrected chi connectivity index (χ2v) is 7.26. The number of benzene rings is 1. The number of aryl methyl sites for hydroxylation is 1. The van der Waals surface area contributed by atoms with E-state index in [-0.39, 0.29) is 12.0 Å². The topological polar surface area (TPSA) is 88.8 Å². The van der Waals surface area contributed by atoms with Gasteiger partial charge in [-0.25, -0.2) is 9.78 Å². The SMILES string of the molecule is CCOC(=O)c1sc(C(C)NC(=NC)NCc2cc3ccccc3o2)nc1C. The monoisotopic (exact) mass is 400 g/mol. The van der Waals surface area contributed by atoms with Crippen molar-refractivity contribution in [3.05, 3.63) is 51.7 Å². The first-order chi connectivity index (χ1) is 13.5. The maximum Gasteiger partial charge on any atom is 0.350 e. The molecule has 2 heterocycles. The summed E-state index contributed by atoms with van der Waals surface area (Å²) < 4.78 is 10.9. The van der Waals surface area contributed by atoms with Gasteiger partial charge < -0.3 is 19.8 Å². The quantitative estimate of drug-likeness (QED) is 0.372. The Labute approximate surface area is 167 Å². The van der Waals surface area contributed by atoms with Crippen molar-refractivity contribution in [2.45, 2.75) is 33.4 Å². The van der Waals surface area contributed by atoms with Gasteiger partial charge in [0, 0.05) is 12.4 Å². The smallest absolute Gasteiger partial charge is 0.350 e. The van der Waals surface area contributed by atoms with Crippen LogP contribution >= 0.6 is 11.3 Å². The molecule has 2 aromatic heterocycles. The predicted molar refractivity (Wildman–Crippen MR) is 111 cm³/mol. The van der Waals surface area contributed by atoms with Crippen molar-refractivity contribution in [3.63, 3.8) is 0 Å². The van der Waals surface area contributed by atoms with Crippen LogP contribution in [0.5, 0.6) is 0 Å². The summed E-state index contributed by atoms with van der Waals surface area (Å²) >= 11 is 1.34. The van der Waals surface area contributed by atoms with Crippen molar-refractivity contribution in [1.82, 2.24) is 15.6 Å². The van der Waals surface area contributed by atoms with E-state index in [1.807, 2.05) is 44.2 Å². The fourth-order valence-electron chi connectivity index (χ4n) is 2.74. The summed E-state index contributed by atoms with van der Waals surface area (Å²) in [7, 11) is 1.71. The molecule has 0 saturated carbocycles. The minimum absolute atomic E-state index is 0.117. The maximum atomic E-state index is 12.0. The molecule has 28 heavy (non-hydrogen) atoms. The highest BCUT2D eigenvalue weighted by molar-refractivity contribution is 7.13. The number of hydrogen-bond acceptors (Lipinski definition) is 6. The molecule has 0 aliphatic carbocycles. The molecular formula is C20H24N4O3S. The first-order valence-corrected chi connectivity index (χ1v) is 9.92. The average molecular weight is 401 g/mol. The van der Waals surface area contributed by atoms with Crippen LogP contribution in [0.1, 0.15) is 46.0 Å². The number of fused-ring (bicyclic) bond motifs is 1. The van der Waals surface area contributed by atoms with Crippen LogP contribution in [0.3, 0.4) is 0 Å². The second kappa shape index (κ2) is 8.88. The lowest BCUT2D eigenvalue weighted by Gasteiger charge is -2.15. The number of thiazole rings is 1. The number of esters is 1. The Balaban J connectivity index is 1.62. The van der Waals surface area contributed by atoms with E-state index in [0.29, 0.717) is 29.7 Å². The summed E-state index contributed by atoms with van der Waals surface area (Å²) in [4.78, 5) is 21.3. The number of carbonyl (C=O) groups excluding carboxylic acids is 1. The van der Waals surface area contributed by atoms with Crippen LogP contribution in [0.4, 0.5) is 0 Å². The van der Waals surface area contributed by atoms with Gasteiger partial charge in [0.25, 0.3) is 0 Å². The number of aromatic nitrogens is 1. The molecule has 148 valence electrons. The van der Waals surface area contributed by atoms with Crippen molar-refractivity contribution >= 4 is 34.2 Å². The highest BCUT2D eigenvalue weighted by Crippen LogP contribution is 2.24. The number of ether oxygens (including phenoxy) is 1. The molecule has 8 heteroatoms. The minimum Gasteiger partial charge on any atom is -0.462 e. The normalized spacial score (nSPS) is 12.8. The first kappa shape index (κ1) is 19.9. The van der Waals surface area contributed by atoms with Gasteiger partial charge in [-0.15, -0.1) is 11.3 Å². The molecule has 1 aromatic carbocycles. The highest BCUT2D eigenvalue weighted by Gasteiger charge is 2.20. The first-order valence-electron chi connectivity index (χ1n) is 9.11. The molecule has 0 bridgehead atoms. The largest absolute Gasteiger partial charge is 0.462 e. The zero-order valence-electron chi connectivity index (χ0n) is 16.4. The summed E-state index contributed by atoms with van der Waals surface area (Å²) in [6, 6.07) is 9.79. The van der Waals surface area contributed by atoms with Gasteiger partial charge in [0.2, 0.25) is 0 Å². The third kappa shape index (κ3) is 4.51. The van der Waals surface area contributed by atoms with E-state index in [1.165, 1.54) is 11.3 Å². The Morgan fingerprint density at radius 2 is 2.18 bits per heavy atom. The molecule has 1 atom stereocenters. The molecular weight excluding hydrogens is 376 g/mol. The van der Waals surface area contributed by atoms with E-state index in [2.05, 4.69) is 20.6 Å². The number of hydrogen-bond donors (Lipinski definition) is 2. The van der Waals surface area contributed by atoms with Crippen LogP contribution in [0.25, 0.3) is 11.0 Å². The summed E-state index contributed by atoms with van der Waals surface area (Å²) in [6.45, 7) is 6.43. The number of aliphatic imine (C=N–C) groups is 1. The number of rotatable bonds is 6. The molecule has 0 spiro atoms. The second-order valence-electron chi connectivity index (χ2n) is 6.23. The van der Waals surface area contributed by atoms with Crippen LogP contribution < -0.4 is 10.6 Å². The number of nitrogens with zero attached hydrogens (tertiary/aromatic N) is 2.